The quantitative estimate of drug-likeness (QED) is 0.891. The van der Waals surface area contributed by atoms with Crippen LogP contribution in [0.2, 0.25) is 5.02 Å². The van der Waals surface area contributed by atoms with Gasteiger partial charge < -0.3 is 15.4 Å². The van der Waals surface area contributed by atoms with Gasteiger partial charge in [0.25, 0.3) is 0 Å². The van der Waals surface area contributed by atoms with E-state index in [2.05, 4.69) is 0 Å². The molecule has 1 aliphatic rings. The second-order valence-corrected chi connectivity index (χ2v) is 5.89. The number of hydrogen-bond acceptors (Lipinski definition) is 3. The molecule has 1 amide bonds. The molecule has 1 heterocycles. The van der Waals surface area contributed by atoms with Crippen LogP contribution in [0, 0.1) is 5.92 Å². The fourth-order valence-corrected chi connectivity index (χ4v) is 2.90. The number of benzene rings is 1. The second kappa shape index (κ2) is 9.36. The smallest absolute Gasteiger partial charge is 0.240 e. The highest BCUT2D eigenvalue weighted by Crippen LogP contribution is 2.20. The fraction of sp³-hybridized carbons (Fsp3) is 0.562. The molecule has 6 heteroatoms. The van der Waals surface area contributed by atoms with Crippen molar-refractivity contribution in [3.63, 3.8) is 0 Å². The Balaban J connectivity index is 0.00000242. The van der Waals surface area contributed by atoms with Crippen LogP contribution in [0.4, 0.5) is 0 Å². The molecule has 4 nitrogen and oxygen atoms in total. The van der Waals surface area contributed by atoms with Gasteiger partial charge in [-0.2, -0.15) is 0 Å². The van der Waals surface area contributed by atoms with Gasteiger partial charge in [-0.25, -0.2) is 0 Å². The largest absolute Gasteiger partial charge is 0.381 e. The average molecular weight is 347 g/mol. The van der Waals surface area contributed by atoms with Crippen LogP contribution in [-0.2, 0) is 16.1 Å². The summed E-state index contributed by atoms with van der Waals surface area (Å²) in [5.41, 5.74) is 7.20. The first kappa shape index (κ1) is 19.2. The summed E-state index contributed by atoms with van der Waals surface area (Å²) in [5, 5.41) is 0.685. The van der Waals surface area contributed by atoms with Gasteiger partial charge in [0.15, 0.2) is 0 Å². The van der Waals surface area contributed by atoms with Gasteiger partial charge >= 0.3 is 0 Å². The molecule has 1 fully saturated rings. The molecule has 2 N–H and O–H groups in total. The Kier molecular flexibility index (Phi) is 8.18. The lowest BCUT2D eigenvalue weighted by Crippen LogP contribution is -2.48. The summed E-state index contributed by atoms with van der Waals surface area (Å²) in [6.45, 7) is 4.56. The third kappa shape index (κ3) is 5.13. The first-order valence-corrected chi connectivity index (χ1v) is 7.86. The molecule has 0 aromatic heterocycles. The van der Waals surface area contributed by atoms with Crippen LogP contribution in [0.25, 0.3) is 0 Å². The Morgan fingerprint density at radius 2 is 2.14 bits per heavy atom. The molecule has 1 unspecified atom stereocenters. The first-order valence-electron chi connectivity index (χ1n) is 7.48. The molecular formula is C16H24Cl2N2O2. The number of halogens is 2. The number of rotatable bonds is 5. The fourth-order valence-electron chi connectivity index (χ4n) is 2.69. The van der Waals surface area contributed by atoms with E-state index in [1.54, 1.807) is 4.90 Å². The van der Waals surface area contributed by atoms with Crippen LogP contribution in [0.1, 0.15) is 25.3 Å². The Morgan fingerprint density at radius 1 is 1.45 bits per heavy atom. The number of amides is 1. The van der Waals surface area contributed by atoms with E-state index < -0.39 is 6.04 Å². The average Bonchev–Trinajstić information content (AvgIpc) is 2.52. The van der Waals surface area contributed by atoms with Gasteiger partial charge in [-0.1, -0.05) is 23.7 Å². The van der Waals surface area contributed by atoms with E-state index in [0.717, 1.165) is 18.4 Å². The van der Waals surface area contributed by atoms with Crippen LogP contribution in [-0.4, -0.2) is 36.6 Å². The molecule has 1 aliphatic heterocycles. The van der Waals surface area contributed by atoms with E-state index in [0.29, 0.717) is 31.3 Å². The Bertz CT molecular complexity index is 479. The molecule has 1 atom stereocenters. The number of ether oxygens (including phenoxy) is 1. The first-order chi connectivity index (χ1) is 10.1. The lowest BCUT2D eigenvalue weighted by molar-refractivity contribution is -0.135. The molecule has 1 aromatic carbocycles. The number of nitrogens with two attached hydrogens (primary N) is 1. The minimum absolute atomic E-state index is 0. The molecule has 0 radical (unpaired) electrons. The van der Waals surface area contributed by atoms with Crippen molar-refractivity contribution in [2.45, 2.75) is 32.4 Å². The number of carbonyl (C=O) groups excluding carboxylic acids is 1. The van der Waals surface area contributed by atoms with Crippen LogP contribution in [0.5, 0.6) is 0 Å². The summed E-state index contributed by atoms with van der Waals surface area (Å²) >= 11 is 5.99. The van der Waals surface area contributed by atoms with Gasteiger partial charge in [-0.15, -0.1) is 12.4 Å². The maximum atomic E-state index is 12.6. The molecule has 0 saturated carbocycles. The lowest BCUT2D eigenvalue weighted by Gasteiger charge is -2.31. The number of likely N-dealkylation sites (N-methyl/N-ethyl adjacent to an activating group) is 1. The molecule has 0 aliphatic carbocycles. The van der Waals surface area contributed by atoms with Gasteiger partial charge in [0.05, 0.1) is 6.04 Å². The highest BCUT2D eigenvalue weighted by atomic mass is 35.5. The zero-order chi connectivity index (χ0) is 15.2. The van der Waals surface area contributed by atoms with Gasteiger partial charge in [0, 0.05) is 31.3 Å². The van der Waals surface area contributed by atoms with E-state index in [9.17, 15) is 4.79 Å². The van der Waals surface area contributed by atoms with Crippen molar-refractivity contribution in [1.29, 1.82) is 0 Å². The summed E-state index contributed by atoms with van der Waals surface area (Å²) in [6.07, 6.45) is 1.73. The van der Waals surface area contributed by atoms with E-state index in [-0.39, 0.29) is 24.2 Å². The van der Waals surface area contributed by atoms with Crippen molar-refractivity contribution in [2.24, 2.45) is 11.7 Å². The highest BCUT2D eigenvalue weighted by Gasteiger charge is 2.29. The number of carbonyl (C=O) groups is 1. The summed E-state index contributed by atoms with van der Waals surface area (Å²) < 4.78 is 5.33. The van der Waals surface area contributed by atoms with Crippen molar-refractivity contribution < 1.29 is 9.53 Å². The van der Waals surface area contributed by atoms with Crippen LogP contribution < -0.4 is 5.73 Å². The van der Waals surface area contributed by atoms with E-state index in [1.807, 2.05) is 31.2 Å². The van der Waals surface area contributed by atoms with Crippen LogP contribution >= 0.6 is 24.0 Å². The second-order valence-electron chi connectivity index (χ2n) is 5.46. The monoisotopic (exact) mass is 346 g/mol. The Morgan fingerprint density at radius 3 is 2.73 bits per heavy atom. The lowest BCUT2D eigenvalue weighted by atomic mass is 9.91. The molecule has 0 spiro atoms. The van der Waals surface area contributed by atoms with Crippen molar-refractivity contribution in [3.8, 4) is 0 Å². The minimum Gasteiger partial charge on any atom is -0.381 e. The zero-order valence-electron chi connectivity index (χ0n) is 12.8. The normalized spacial score (nSPS) is 16.7. The number of nitrogens with zero attached hydrogens (tertiary/aromatic N) is 1. The van der Waals surface area contributed by atoms with Crippen LogP contribution in [0.3, 0.4) is 0 Å². The van der Waals surface area contributed by atoms with E-state index in [1.165, 1.54) is 0 Å². The Labute approximate surface area is 143 Å². The summed E-state index contributed by atoms with van der Waals surface area (Å²) in [6, 6.07) is 7.15. The molecule has 2 rings (SSSR count). The summed E-state index contributed by atoms with van der Waals surface area (Å²) in [4.78, 5) is 14.4. The van der Waals surface area contributed by atoms with Gasteiger partial charge in [0.2, 0.25) is 5.91 Å². The molecule has 124 valence electrons. The van der Waals surface area contributed by atoms with Crippen molar-refractivity contribution >= 4 is 29.9 Å². The molecule has 1 saturated heterocycles. The van der Waals surface area contributed by atoms with Gasteiger partial charge in [-0.05, 0) is 43.4 Å². The third-order valence-electron chi connectivity index (χ3n) is 4.01. The predicted octanol–water partition coefficient (Wildman–Crippen LogP) is 2.86. The van der Waals surface area contributed by atoms with E-state index in [4.69, 9.17) is 22.1 Å². The topological polar surface area (TPSA) is 55.6 Å². The summed E-state index contributed by atoms with van der Waals surface area (Å²) in [5.74, 6) is 0.240. The highest BCUT2D eigenvalue weighted by molar-refractivity contribution is 6.30. The minimum atomic E-state index is -0.437. The molecule has 22 heavy (non-hydrogen) atoms. The molecular weight excluding hydrogens is 323 g/mol. The van der Waals surface area contributed by atoms with Crippen molar-refractivity contribution in [1.82, 2.24) is 4.90 Å². The van der Waals surface area contributed by atoms with E-state index >= 15 is 0 Å². The standard InChI is InChI=1S/C16H23ClN2O2.ClH/c1-2-19(11-12-4-3-5-14(17)10-12)16(20)15(18)13-6-8-21-9-7-13;/h3-5,10,13,15H,2,6-9,11,18H2,1H3;1H. The molecule has 1 aromatic rings. The van der Waals surface area contributed by atoms with Crippen molar-refractivity contribution in [2.75, 3.05) is 19.8 Å². The predicted molar refractivity (Wildman–Crippen MR) is 91.3 cm³/mol. The van der Waals surface area contributed by atoms with Gasteiger partial charge in [-0.3, -0.25) is 4.79 Å². The molecule has 0 bridgehead atoms. The maximum Gasteiger partial charge on any atom is 0.240 e. The summed E-state index contributed by atoms with van der Waals surface area (Å²) in [7, 11) is 0. The Hall–Kier alpha value is -0.810. The zero-order valence-corrected chi connectivity index (χ0v) is 14.4. The maximum absolute atomic E-state index is 12.6. The number of hydrogen-bond donors (Lipinski definition) is 1. The van der Waals surface area contributed by atoms with Crippen molar-refractivity contribution in [3.05, 3.63) is 34.9 Å². The van der Waals surface area contributed by atoms with Crippen LogP contribution in [0.15, 0.2) is 24.3 Å². The SMILES string of the molecule is CCN(Cc1cccc(Cl)c1)C(=O)C(N)C1CCOCC1.Cl. The van der Waals surface area contributed by atoms with Gasteiger partial charge in [0.1, 0.15) is 0 Å². The third-order valence-corrected chi connectivity index (χ3v) is 4.25.